The molecular formula is C40H58BrF5N8O10S2. The van der Waals surface area contributed by atoms with E-state index >= 15 is 0 Å². The molecule has 0 amide bonds. The number of hydrogen-bond acceptors (Lipinski definition) is 16. The summed E-state index contributed by atoms with van der Waals surface area (Å²) in [5.74, 6) is -5.29. The quantitative estimate of drug-likeness (QED) is 0.224. The van der Waals surface area contributed by atoms with Gasteiger partial charge in [-0.1, -0.05) is 0 Å². The molecule has 2 aromatic heterocycles. The van der Waals surface area contributed by atoms with Gasteiger partial charge in [0.1, 0.15) is 27.4 Å². The van der Waals surface area contributed by atoms with E-state index in [1.54, 1.807) is 58.8 Å². The van der Waals surface area contributed by atoms with Crippen LogP contribution < -0.4 is 9.80 Å². The van der Waals surface area contributed by atoms with Gasteiger partial charge in [-0.15, -0.1) is 0 Å². The molecule has 4 saturated heterocycles. The van der Waals surface area contributed by atoms with Crippen LogP contribution in [0.3, 0.4) is 0 Å². The number of aryl methyl sites for hydroxylation is 1. The maximum absolute atomic E-state index is 13.7. The van der Waals surface area contributed by atoms with Gasteiger partial charge >= 0.3 is 24.0 Å². The molecule has 4 aliphatic heterocycles. The Bertz CT molecular complexity index is 2190. The number of hydrogen-bond donors (Lipinski definition) is 0. The van der Waals surface area contributed by atoms with Gasteiger partial charge in [0.25, 0.3) is 0 Å². The predicted molar refractivity (Wildman–Crippen MR) is 234 cm³/mol. The van der Waals surface area contributed by atoms with Gasteiger partial charge in [0.15, 0.2) is 9.49 Å². The van der Waals surface area contributed by atoms with Gasteiger partial charge in [0.2, 0.25) is 20.0 Å². The molecule has 372 valence electrons. The van der Waals surface area contributed by atoms with E-state index in [1.807, 2.05) is 4.90 Å². The van der Waals surface area contributed by atoms with Crippen molar-refractivity contribution in [1.82, 2.24) is 28.5 Å². The van der Waals surface area contributed by atoms with Crippen LogP contribution in [-0.4, -0.2) is 169 Å². The summed E-state index contributed by atoms with van der Waals surface area (Å²) in [6.45, 7) is 12.8. The number of sulfonamides is 2. The highest BCUT2D eigenvalue weighted by molar-refractivity contribution is 9.10. The Balaban J connectivity index is 0.000000255. The predicted octanol–water partition coefficient (Wildman–Crippen LogP) is 4.53. The van der Waals surface area contributed by atoms with Crippen molar-refractivity contribution in [3.8, 4) is 0 Å². The van der Waals surface area contributed by atoms with Crippen molar-refractivity contribution in [2.45, 2.75) is 113 Å². The third-order valence-corrected chi connectivity index (χ3v) is 17.0. The van der Waals surface area contributed by atoms with Crippen LogP contribution in [0.5, 0.6) is 0 Å². The summed E-state index contributed by atoms with van der Waals surface area (Å²) in [4.78, 5) is 46.3. The van der Waals surface area contributed by atoms with Gasteiger partial charge in [0, 0.05) is 111 Å². The number of ether oxygens (including phenoxy) is 4. The van der Waals surface area contributed by atoms with Crippen LogP contribution in [-0.2, 0) is 55.0 Å². The van der Waals surface area contributed by atoms with E-state index in [0.29, 0.717) is 29.3 Å². The summed E-state index contributed by atoms with van der Waals surface area (Å²) in [7, 11) is -8.03. The Labute approximate surface area is 390 Å². The van der Waals surface area contributed by atoms with Crippen molar-refractivity contribution in [3.05, 3.63) is 35.1 Å². The molecule has 0 spiro atoms. The molecule has 0 bridgehead atoms. The number of anilines is 2. The molecule has 6 rings (SSSR count). The second-order valence-corrected chi connectivity index (χ2v) is 23.6. The summed E-state index contributed by atoms with van der Waals surface area (Å²) in [5.41, 5.74) is -1.66. The zero-order valence-corrected chi connectivity index (χ0v) is 41.0. The molecular weight excluding hydrogens is 992 g/mol. The molecule has 18 nitrogen and oxygen atoms in total. The lowest BCUT2D eigenvalue weighted by Gasteiger charge is -2.42. The molecule has 26 heteroatoms. The average Bonchev–Trinajstić information content (AvgIpc) is 3.25. The van der Waals surface area contributed by atoms with Gasteiger partial charge in [0.05, 0.1) is 30.5 Å². The molecule has 4 aliphatic rings. The maximum Gasteiger partial charge on any atom is 0.453 e. The first kappa shape index (κ1) is 53.5. The lowest BCUT2D eigenvalue weighted by Crippen LogP contribution is -2.61. The Hall–Kier alpha value is -3.43. The van der Waals surface area contributed by atoms with Crippen LogP contribution >= 0.6 is 15.9 Å². The average molecular weight is 1050 g/mol. The monoisotopic (exact) mass is 1050 g/mol. The number of esters is 2. The molecule has 4 fully saturated rings. The highest BCUT2D eigenvalue weighted by atomic mass is 79.9. The minimum atomic E-state index is -5.63. The van der Waals surface area contributed by atoms with E-state index in [-0.39, 0.29) is 97.1 Å². The Morgan fingerprint density at radius 3 is 1.32 bits per heavy atom. The number of alkyl halides is 5. The smallest absolute Gasteiger partial charge is 0.453 e. The molecule has 0 N–H and O–H groups in total. The minimum Gasteiger partial charge on any atom is -0.459 e. The lowest BCUT2D eigenvalue weighted by molar-refractivity contribution is -0.284. The third-order valence-electron chi connectivity index (χ3n) is 11.3. The minimum absolute atomic E-state index is 0.0206. The van der Waals surface area contributed by atoms with Crippen LogP contribution in [0, 0.1) is 0 Å². The van der Waals surface area contributed by atoms with Crippen LogP contribution in [0.15, 0.2) is 29.4 Å². The second kappa shape index (κ2) is 20.7. The Morgan fingerprint density at radius 2 is 1.00 bits per heavy atom. The zero-order chi connectivity index (χ0) is 49.0. The number of nitrogens with zero attached hydrogens (tertiary/aromatic N) is 8. The van der Waals surface area contributed by atoms with E-state index in [4.69, 9.17) is 18.9 Å². The van der Waals surface area contributed by atoms with E-state index < -0.39 is 77.6 Å². The molecule has 66 heavy (non-hydrogen) atoms. The van der Waals surface area contributed by atoms with E-state index in [0.717, 1.165) is 6.20 Å². The third kappa shape index (κ3) is 12.4. The summed E-state index contributed by atoms with van der Waals surface area (Å²) in [6, 6.07) is 0. The maximum atomic E-state index is 13.7. The van der Waals surface area contributed by atoms with Gasteiger partial charge in [-0.05, 0) is 63.9 Å². The van der Waals surface area contributed by atoms with Crippen molar-refractivity contribution in [1.29, 1.82) is 0 Å². The highest BCUT2D eigenvalue weighted by Crippen LogP contribution is 2.40. The van der Waals surface area contributed by atoms with Gasteiger partial charge in [-0.2, -0.15) is 30.6 Å². The summed E-state index contributed by atoms with van der Waals surface area (Å²) in [5, 5.41) is 0. The SMILES string of the molecule is CC(C)(C)OC(=O)C1(S(=O)(=O)N2CCN(c3cnc(Br)cn3)CC2)CCOCC1.CC(C)(C)OC(=O)C1(S(=O)(=O)N2CCN(c3cnc(CCC(F)(F)C(F)(F)F)cn3)CC2)CCOCC1. The van der Waals surface area contributed by atoms with Crippen molar-refractivity contribution in [2.24, 2.45) is 0 Å². The van der Waals surface area contributed by atoms with Gasteiger partial charge in [-0.3, -0.25) is 14.6 Å². The van der Waals surface area contributed by atoms with Crippen LogP contribution in [0.2, 0.25) is 0 Å². The number of aromatic nitrogens is 4. The molecule has 6 heterocycles. The van der Waals surface area contributed by atoms with Crippen LogP contribution in [0.1, 0.15) is 79.3 Å². The molecule has 0 atom stereocenters. The van der Waals surface area contributed by atoms with Crippen molar-refractivity contribution in [2.75, 3.05) is 88.6 Å². The number of carbonyl (C=O) groups is 2. The molecule has 0 unspecified atom stereocenters. The van der Waals surface area contributed by atoms with Gasteiger partial charge < -0.3 is 28.7 Å². The van der Waals surface area contributed by atoms with E-state index in [1.165, 1.54) is 14.8 Å². The van der Waals surface area contributed by atoms with Crippen molar-refractivity contribution < 1.29 is 67.3 Å². The highest BCUT2D eigenvalue weighted by Gasteiger charge is 2.59. The summed E-state index contributed by atoms with van der Waals surface area (Å²) in [6.07, 6.45) is -1.88. The number of piperazine rings is 2. The van der Waals surface area contributed by atoms with Crippen molar-refractivity contribution >= 4 is 59.6 Å². The Kier molecular flexibility index (Phi) is 16.8. The topological polar surface area (TPSA) is 204 Å². The number of halogens is 6. The first-order valence-electron chi connectivity index (χ1n) is 21.4. The summed E-state index contributed by atoms with van der Waals surface area (Å²) >= 11 is 3.26. The standard InChI is InChI=1S/C22H31F5N4O5S.C18H27BrN4O5S/c1-19(2,3)36-18(32)20(6-12-35-13-7-20)37(33,34)31-10-8-30(9-11-31)17-15-28-16(14-29-17)4-5-21(23,24)22(25,26)27;1-17(2,3)28-16(24)18(4-10-27-11-5-18)29(25,26)23-8-6-22(7-9-23)15-13-20-14(19)12-21-15/h14-15H,4-13H2,1-3H3;12-13H,4-11H2,1-3H3. The van der Waals surface area contributed by atoms with Crippen LogP contribution in [0.25, 0.3) is 0 Å². The Morgan fingerprint density at radius 1 is 0.621 bits per heavy atom. The number of carbonyl (C=O) groups excluding carboxylic acids is 2. The molecule has 0 saturated carbocycles. The first-order valence-corrected chi connectivity index (χ1v) is 25.1. The fraction of sp³-hybridized carbons (Fsp3) is 0.750. The molecule has 0 aromatic carbocycles. The number of rotatable bonds is 11. The van der Waals surface area contributed by atoms with E-state index in [2.05, 4.69) is 35.9 Å². The summed E-state index contributed by atoms with van der Waals surface area (Å²) < 4.78 is 139. The normalized spacial score (nSPS) is 20.5. The fourth-order valence-corrected chi connectivity index (χ4v) is 12.0. The molecule has 2 aromatic rings. The second-order valence-electron chi connectivity index (χ2n) is 18.3. The van der Waals surface area contributed by atoms with Gasteiger partial charge in [-0.25, -0.2) is 31.8 Å². The fourth-order valence-electron chi connectivity index (χ4n) is 7.62. The van der Waals surface area contributed by atoms with Crippen LogP contribution in [0.4, 0.5) is 33.6 Å². The lowest BCUT2D eigenvalue weighted by atomic mass is 9.99. The zero-order valence-electron chi connectivity index (χ0n) is 37.8. The van der Waals surface area contributed by atoms with E-state index in [9.17, 15) is 48.4 Å². The largest absolute Gasteiger partial charge is 0.459 e. The molecule has 0 aliphatic carbocycles. The molecule has 0 radical (unpaired) electrons. The first-order chi connectivity index (χ1) is 30.5. The van der Waals surface area contributed by atoms with Crippen molar-refractivity contribution in [3.63, 3.8) is 0 Å².